The third-order valence-electron chi connectivity index (χ3n) is 3.87. The van der Waals surface area contributed by atoms with Gasteiger partial charge in [0.05, 0.1) is 16.8 Å². The summed E-state index contributed by atoms with van der Waals surface area (Å²) in [6, 6.07) is 4.25. The van der Waals surface area contributed by atoms with Gasteiger partial charge in [-0.1, -0.05) is 17.7 Å². The number of benzene rings is 1. The molecule has 1 aliphatic rings. The highest BCUT2D eigenvalue weighted by atomic mass is 35.5. The molecule has 1 aromatic carbocycles. The topological polar surface area (TPSA) is 29.5 Å². The Morgan fingerprint density at radius 3 is 2.42 bits per heavy atom. The van der Waals surface area contributed by atoms with Gasteiger partial charge >= 0.3 is 0 Å². The van der Waals surface area contributed by atoms with Crippen LogP contribution in [0.4, 0.5) is 4.39 Å². The molecular weight excluding hydrogens is 267 g/mol. The zero-order valence-corrected chi connectivity index (χ0v) is 12.5. The summed E-state index contributed by atoms with van der Waals surface area (Å²) in [5.41, 5.74) is -1.34. The van der Waals surface area contributed by atoms with Gasteiger partial charge in [0.15, 0.2) is 0 Å². The van der Waals surface area contributed by atoms with Crippen molar-refractivity contribution in [2.75, 3.05) is 0 Å². The molecule has 1 aromatic rings. The minimum absolute atomic E-state index is 0.342. The lowest BCUT2D eigenvalue weighted by Crippen LogP contribution is -2.48. The zero-order chi connectivity index (χ0) is 14.5. The maximum absolute atomic E-state index is 13.1. The number of halogens is 2. The van der Waals surface area contributed by atoms with Crippen LogP contribution in [-0.2, 0) is 11.2 Å². The fourth-order valence-corrected chi connectivity index (χ4v) is 3.23. The molecule has 1 atom stereocenters. The van der Waals surface area contributed by atoms with E-state index >= 15 is 0 Å². The second kappa shape index (κ2) is 4.44. The first-order valence-corrected chi connectivity index (χ1v) is 6.79. The van der Waals surface area contributed by atoms with E-state index in [1.807, 2.05) is 27.7 Å². The molecule has 2 rings (SSSR count). The van der Waals surface area contributed by atoms with Crippen molar-refractivity contribution in [3.63, 3.8) is 0 Å². The molecule has 0 aromatic heterocycles. The quantitative estimate of drug-likeness (QED) is 0.898. The molecule has 0 bridgehead atoms. The van der Waals surface area contributed by atoms with E-state index in [1.54, 1.807) is 6.07 Å². The molecule has 2 nitrogen and oxygen atoms in total. The Bertz CT molecular complexity index is 499. The Kier molecular flexibility index (Phi) is 3.45. The summed E-state index contributed by atoms with van der Waals surface area (Å²) < 4.78 is 19.0. The third-order valence-corrected chi connectivity index (χ3v) is 4.22. The van der Waals surface area contributed by atoms with E-state index in [0.717, 1.165) is 5.56 Å². The Labute approximate surface area is 118 Å². The average Bonchev–Trinajstić information content (AvgIpc) is 2.35. The van der Waals surface area contributed by atoms with E-state index in [0.29, 0.717) is 17.9 Å². The van der Waals surface area contributed by atoms with Crippen molar-refractivity contribution in [2.24, 2.45) is 0 Å². The smallest absolute Gasteiger partial charge is 0.124 e. The molecule has 0 radical (unpaired) electrons. The van der Waals surface area contributed by atoms with E-state index < -0.39 is 11.2 Å². The Morgan fingerprint density at radius 2 is 1.95 bits per heavy atom. The van der Waals surface area contributed by atoms with Gasteiger partial charge in [-0.25, -0.2) is 4.39 Å². The van der Waals surface area contributed by atoms with Crippen LogP contribution in [0, 0.1) is 5.82 Å². The van der Waals surface area contributed by atoms with Crippen LogP contribution < -0.4 is 0 Å². The van der Waals surface area contributed by atoms with Gasteiger partial charge in [-0.15, -0.1) is 0 Å². The molecule has 1 saturated heterocycles. The van der Waals surface area contributed by atoms with Gasteiger partial charge in [-0.3, -0.25) is 0 Å². The van der Waals surface area contributed by atoms with Gasteiger partial charge in [0.25, 0.3) is 0 Å². The molecule has 1 unspecified atom stereocenters. The van der Waals surface area contributed by atoms with Crippen LogP contribution >= 0.6 is 11.6 Å². The van der Waals surface area contributed by atoms with Gasteiger partial charge in [0, 0.05) is 17.9 Å². The highest BCUT2D eigenvalue weighted by Gasteiger charge is 2.56. The number of aliphatic hydroxyl groups is 1. The Balaban J connectivity index is 2.31. The summed E-state index contributed by atoms with van der Waals surface area (Å²) in [4.78, 5) is 0. The molecule has 0 aliphatic carbocycles. The molecule has 1 aliphatic heterocycles. The number of hydrogen-bond donors (Lipinski definition) is 1. The molecule has 1 fully saturated rings. The van der Waals surface area contributed by atoms with Gasteiger partial charge in [-0.2, -0.15) is 0 Å². The van der Waals surface area contributed by atoms with Crippen molar-refractivity contribution in [2.45, 2.75) is 57.3 Å². The first kappa shape index (κ1) is 14.8. The molecule has 0 spiro atoms. The predicted octanol–water partition coefficient (Wildman–Crippen LogP) is 3.73. The van der Waals surface area contributed by atoms with Crippen LogP contribution in [0.15, 0.2) is 18.2 Å². The summed E-state index contributed by atoms with van der Waals surface area (Å²) in [6.07, 6.45) is 0.864. The molecule has 4 heteroatoms. The first-order chi connectivity index (χ1) is 8.55. The van der Waals surface area contributed by atoms with Crippen molar-refractivity contribution < 1.29 is 14.2 Å². The summed E-state index contributed by atoms with van der Waals surface area (Å²) in [5, 5.41) is 11.3. The van der Waals surface area contributed by atoms with Gasteiger partial charge in [-0.05, 0) is 45.4 Å². The number of hydrogen-bond acceptors (Lipinski definition) is 2. The largest absolute Gasteiger partial charge is 0.386 e. The fourth-order valence-electron chi connectivity index (χ4n) is 2.99. The third kappa shape index (κ3) is 2.78. The monoisotopic (exact) mass is 286 g/mol. The maximum atomic E-state index is 13.1. The second-order valence-corrected chi connectivity index (χ2v) is 6.90. The Morgan fingerprint density at radius 1 is 1.32 bits per heavy atom. The number of ether oxygens (including phenoxy) is 1. The molecule has 1 N–H and O–H groups in total. The molecule has 19 heavy (non-hydrogen) atoms. The summed E-state index contributed by atoms with van der Waals surface area (Å²) in [7, 11) is 0. The van der Waals surface area contributed by atoms with Gasteiger partial charge in [0.2, 0.25) is 0 Å². The SMILES string of the molecule is CC1(C)CC(O)(Cc2ccc(F)cc2Cl)C(C)(C)O1. The minimum Gasteiger partial charge on any atom is -0.386 e. The number of rotatable bonds is 2. The van der Waals surface area contributed by atoms with E-state index in [4.69, 9.17) is 16.3 Å². The van der Waals surface area contributed by atoms with Crippen LogP contribution in [-0.4, -0.2) is 21.9 Å². The highest BCUT2D eigenvalue weighted by molar-refractivity contribution is 6.31. The Hall–Kier alpha value is -0.640. The van der Waals surface area contributed by atoms with E-state index in [2.05, 4.69) is 0 Å². The van der Waals surface area contributed by atoms with Gasteiger partial charge in [0.1, 0.15) is 5.82 Å². The lowest BCUT2D eigenvalue weighted by atomic mass is 9.78. The van der Waals surface area contributed by atoms with Crippen molar-refractivity contribution >= 4 is 11.6 Å². The molecule has 0 saturated carbocycles. The van der Waals surface area contributed by atoms with Crippen LogP contribution in [0.25, 0.3) is 0 Å². The normalized spacial score (nSPS) is 28.6. The van der Waals surface area contributed by atoms with Crippen LogP contribution in [0.5, 0.6) is 0 Å². The standard InChI is InChI=1S/C15H20ClFO2/c1-13(2)9-15(18,14(3,4)19-13)8-10-5-6-11(17)7-12(10)16/h5-7,18H,8-9H2,1-4H3. The van der Waals surface area contributed by atoms with Crippen molar-refractivity contribution in [3.05, 3.63) is 34.6 Å². The molecule has 1 heterocycles. The van der Waals surface area contributed by atoms with Crippen molar-refractivity contribution in [1.82, 2.24) is 0 Å². The first-order valence-electron chi connectivity index (χ1n) is 6.41. The summed E-state index contributed by atoms with van der Waals surface area (Å²) in [6.45, 7) is 7.66. The maximum Gasteiger partial charge on any atom is 0.124 e. The summed E-state index contributed by atoms with van der Waals surface area (Å²) >= 11 is 6.04. The minimum atomic E-state index is -1.02. The van der Waals surface area contributed by atoms with Crippen molar-refractivity contribution in [1.29, 1.82) is 0 Å². The predicted molar refractivity (Wildman–Crippen MR) is 73.9 cm³/mol. The molecule has 0 amide bonds. The fraction of sp³-hybridized carbons (Fsp3) is 0.600. The lowest BCUT2D eigenvalue weighted by Gasteiger charge is -2.35. The van der Waals surface area contributed by atoms with Gasteiger partial charge < -0.3 is 9.84 Å². The molecular formula is C15H20ClFO2. The van der Waals surface area contributed by atoms with E-state index in [1.165, 1.54) is 12.1 Å². The zero-order valence-electron chi connectivity index (χ0n) is 11.8. The average molecular weight is 287 g/mol. The van der Waals surface area contributed by atoms with Crippen molar-refractivity contribution in [3.8, 4) is 0 Å². The van der Waals surface area contributed by atoms with Crippen LogP contribution in [0.1, 0.15) is 39.7 Å². The summed E-state index contributed by atoms with van der Waals surface area (Å²) in [5.74, 6) is -0.372. The van der Waals surface area contributed by atoms with Crippen LogP contribution in [0.2, 0.25) is 5.02 Å². The molecule has 106 valence electrons. The van der Waals surface area contributed by atoms with Crippen LogP contribution in [0.3, 0.4) is 0 Å². The van der Waals surface area contributed by atoms with E-state index in [9.17, 15) is 9.50 Å². The highest BCUT2D eigenvalue weighted by Crippen LogP contribution is 2.47. The van der Waals surface area contributed by atoms with E-state index in [-0.39, 0.29) is 11.4 Å². The second-order valence-electron chi connectivity index (χ2n) is 6.49. The lowest BCUT2D eigenvalue weighted by molar-refractivity contribution is -0.125.